The molecule has 0 radical (unpaired) electrons. The second kappa shape index (κ2) is 4.59. The van der Waals surface area contributed by atoms with E-state index in [0.29, 0.717) is 12.4 Å². The van der Waals surface area contributed by atoms with E-state index < -0.39 is 0 Å². The number of nitrogen functional groups attached to an aromatic ring is 1. The summed E-state index contributed by atoms with van der Waals surface area (Å²) in [5, 5.41) is 2.52. The number of hydrogen-bond donors (Lipinski definition) is 1. The Morgan fingerprint density at radius 1 is 0.810 bits per heavy atom. The van der Waals surface area contributed by atoms with Gasteiger partial charge in [0.2, 0.25) is 0 Å². The van der Waals surface area contributed by atoms with Gasteiger partial charge in [-0.2, -0.15) is 0 Å². The molecule has 2 aromatic heterocycles. The number of anilines is 1. The normalized spacial score (nSPS) is 11.2. The van der Waals surface area contributed by atoms with Gasteiger partial charge in [-0.25, -0.2) is 4.98 Å². The fraction of sp³-hybridized carbons (Fsp3) is 0.0588. The summed E-state index contributed by atoms with van der Waals surface area (Å²) in [6, 6.07) is 16.9. The predicted octanol–water partition coefficient (Wildman–Crippen LogP) is 3.22. The average Bonchev–Trinajstić information content (AvgIpc) is 2.85. The minimum Gasteiger partial charge on any atom is -0.382 e. The standard InChI is InChI=1S/C17H14N4/c18-17-10-19-12(9-20-17)11-21-15-7-3-1-5-13(15)14-6-2-4-8-16(14)21/h1-10H,11H2,(H2,18,20). The van der Waals surface area contributed by atoms with Gasteiger partial charge >= 0.3 is 0 Å². The lowest BCUT2D eigenvalue weighted by Crippen LogP contribution is -2.03. The zero-order chi connectivity index (χ0) is 14.2. The number of nitrogens with zero attached hydrogens (tertiary/aromatic N) is 3. The van der Waals surface area contributed by atoms with Gasteiger partial charge in [0.1, 0.15) is 5.82 Å². The Balaban J connectivity index is 1.95. The van der Waals surface area contributed by atoms with Crippen LogP contribution >= 0.6 is 0 Å². The highest BCUT2D eigenvalue weighted by Crippen LogP contribution is 2.29. The van der Waals surface area contributed by atoms with Crippen LogP contribution < -0.4 is 5.73 Å². The van der Waals surface area contributed by atoms with Gasteiger partial charge in [0.05, 0.1) is 24.6 Å². The highest BCUT2D eigenvalue weighted by atomic mass is 15.0. The fourth-order valence-corrected chi connectivity index (χ4v) is 2.78. The molecule has 0 bridgehead atoms. The van der Waals surface area contributed by atoms with E-state index >= 15 is 0 Å². The molecule has 4 rings (SSSR count). The lowest BCUT2D eigenvalue weighted by molar-refractivity contribution is 0.827. The van der Waals surface area contributed by atoms with Gasteiger partial charge in [0.15, 0.2) is 0 Å². The van der Waals surface area contributed by atoms with E-state index in [2.05, 4.69) is 63.1 Å². The SMILES string of the molecule is Nc1cnc(Cn2c3ccccc3c3ccccc32)cn1. The molecule has 0 aliphatic heterocycles. The van der Waals surface area contributed by atoms with Crippen molar-refractivity contribution in [3.63, 3.8) is 0 Å². The maximum absolute atomic E-state index is 5.60. The number of nitrogens with two attached hydrogens (primary N) is 1. The third-order valence-corrected chi connectivity index (χ3v) is 3.73. The zero-order valence-corrected chi connectivity index (χ0v) is 11.4. The third-order valence-electron chi connectivity index (χ3n) is 3.73. The van der Waals surface area contributed by atoms with Crippen molar-refractivity contribution in [3.05, 3.63) is 66.6 Å². The minimum atomic E-state index is 0.445. The van der Waals surface area contributed by atoms with Crippen LogP contribution in [0.5, 0.6) is 0 Å². The molecule has 0 amide bonds. The average molecular weight is 274 g/mol. The monoisotopic (exact) mass is 274 g/mol. The van der Waals surface area contributed by atoms with Gasteiger partial charge in [0, 0.05) is 21.8 Å². The summed E-state index contributed by atoms with van der Waals surface area (Å²) in [4.78, 5) is 8.48. The van der Waals surface area contributed by atoms with Crippen LogP contribution in [0.3, 0.4) is 0 Å². The third kappa shape index (κ3) is 1.92. The van der Waals surface area contributed by atoms with Crippen molar-refractivity contribution < 1.29 is 0 Å². The Labute approximate surface area is 121 Å². The Hall–Kier alpha value is -2.88. The first kappa shape index (κ1) is 11.9. The van der Waals surface area contributed by atoms with Crippen LogP contribution in [-0.2, 0) is 6.54 Å². The summed E-state index contributed by atoms with van der Waals surface area (Å²) in [6.07, 6.45) is 3.34. The van der Waals surface area contributed by atoms with Gasteiger partial charge < -0.3 is 10.3 Å². The fourth-order valence-electron chi connectivity index (χ4n) is 2.78. The molecular weight excluding hydrogens is 260 g/mol. The second-order valence-corrected chi connectivity index (χ2v) is 5.05. The van der Waals surface area contributed by atoms with Crippen molar-refractivity contribution in [1.29, 1.82) is 0 Å². The summed E-state index contributed by atoms with van der Waals surface area (Å²) < 4.78 is 2.27. The summed E-state index contributed by atoms with van der Waals surface area (Å²) in [7, 11) is 0. The minimum absolute atomic E-state index is 0.445. The molecule has 0 saturated carbocycles. The number of rotatable bonds is 2. The lowest BCUT2D eigenvalue weighted by atomic mass is 10.2. The van der Waals surface area contributed by atoms with Crippen molar-refractivity contribution in [2.75, 3.05) is 5.73 Å². The Bertz CT molecular complexity index is 869. The molecule has 4 nitrogen and oxygen atoms in total. The molecule has 0 unspecified atom stereocenters. The smallest absolute Gasteiger partial charge is 0.141 e. The second-order valence-electron chi connectivity index (χ2n) is 5.05. The van der Waals surface area contributed by atoms with Gasteiger partial charge in [-0.3, -0.25) is 4.98 Å². The molecule has 0 aliphatic rings. The molecule has 2 N–H and O–H groups in total. The van der Waals surface area contributed by atoms with Crippen molar-refractivity contribution in [2.45, 2.75) is 6.54 Å². The van der Waals surface area contributed by atoms with E-state index in [-0.39, 0.29) is 0 Å². The maximum atomic E-state index is 5.60. The van der Waals surface area contributed by atoms with Crippen molar-refractivity contribution in [2.24, 2.45) is 0 Å². The van der Waals surface area contributed by atoms with E-state index in [1.807, 2.05) is 0 Å². The first-order chi connectivity index (χ1) is 10.3. The summed E-state index contributed by atoms with van der Waals surface area (Å²) in [5.41, 5.74) is 8.91. The first-order valence-electron chi connectivity index (χ1n) is 6.85. The van der Waals surface area contributed by atoms with Crippen LogP contribution in [-0.4, -0.2) is 14.5 Å². The number of fused-ring (bicyclic) bond motifs is 3. The Morgan fingerprint density at radius 2 is 1.43 bits per heavy atom. The maximum Gasteiger partial charge on any atom is 0.141 e. The van der Waals surface area contributed by atoms with Crippen LogP contribution in [0, 0.1) is 0 Å². The van der Waals surface area contributed by atoms with Crippen LogP contribution in [0.15, 0.2) is 60.9 Å². The molecule has 0 fully saturated rings. The summed E-state index contributed by atoms with van der Waals surface area (Å²) in [6.45, 7) is 0.682. The molecule has 21 heavy (non-hydrogen) atoms. The van der Waals surface area contributed by atoms with E-state index in [0.717, 1.165) is 5.69 Å². The highest BCUT2D eigenvalue weighted by Gasteiger charge is 2.10. The van der Waals surface area contributed by atoms with Crippen LogP contribution in [0.25, 0.3) is 21.8 Å². The topological polar surface area (TPSA) is 56.7 Å². The number of para-hydroxylation sites is 2. The summed E-state index contributed by atoms with van der Waals surface area (Å²) in [5.74, 6) is 0.445. The largest absolute Gasteiger partial charge is 0.382 e. The number of benzene rings is 2. The van der Waals surface area contributed by atoms with E-state index in [1.54, 1.807) is 12.4 Å². The van der Waals surface area contributed by atoms with E-state index in [1.165, 1.54) is 21.8 Å². The molecule has 2 heterocycles. The van der Waals surface area contributed by atoms with Crippen molar-refractivity contribution in [1.82, 2.24) is 14.5 Å². The predicted molar refractivity (Wildman–Crippen MR) is 85.0 cm³/mol. The van der Waals surface area contributed by atoms with Gasteiger partial charge in [-0.05, 0) is 12.1 Å². The van der Waals surface area contributed by atoms with Crippen molar-refractivity contribution in [3.8, 4) is 0 Å². The zero-order valence-electron chi connectivity index (χ0n) is 11.4. The Morgan fingerprint density at radius 3 is 2.00 bits per heavy atom. The van der Waals surface area contributed by atoms with Gasteiger partial charge in [-0.1, -0.05) is 36.4 Å². The highest BCUT2D eigenvalue weighted by molar-refractivity contribution is 6.07. The molecule has 4 heteroatoms. The van der Waals surface area contributed by atoms with Crippen LogP contribution in [0.2, 0.25) is 0 Å². The van der Waals surface area contributed by atoms with Crippen LogP contribution in [0.1, 0.15) is 5.69 Å². The number of aromatic nitrogens is 3. The lowest BCUT2D eigenvalue weighted by Gasteiger charge is -2.06. The molecule has 0 atom stereocenters. The van der Waals surface area contributed by atoms with Crippen molar-refractivity contribution >= 4 is 27.6 Å². The molecule has 0 saturated heterocycles. The Kier molecular flexibility index (Phi) is 2.60. The van der Waals surface area contributed by atoms with E-state index in [9.17, 15) is 0 Å². The molecule has 102 valence electrons. The molecular formula is C17H14N4. The van der Waals surface area contributed by atoms with Gasteiger partial charge in [-0.15, -0.1) is 0 Å². The van der Waals surface area contributed by atoms with Crippen LogP contribution in [0.4, 0.5) is 5.82 Å². The molecule has 0 spiro atoms. The molecule has 0 aliphatic carbocycles. The molecule has 4 aromatic rings. The first-order valence-corrected chi connectivity index (χ1v) is 6.85. The van der Waals surface area contributed by atoms with Gasteiger partial charge in [0.25, 0.3) is 0 Å². The van der Waals surface area contributed by atoms with E-state index in [4.69, 9.17) is 5.73 Å². The molecule has 2 aromatic carbocycles. The summed E-state index contributed by atoms with van der Waals surface area (Å²) >= 11 is 0. The quantitative estimate of drug-likeness (QED) is 0.610. The number of hydrogen-bond acceptors (Lipinski definition) is 3.